The van der Waals surface area contributed by atoms with E-state index in [1.165, 1.54) is 11.8 Å². The first kappa shape index (κ1) is 24.9. The second-order valence-corrected chi connectivity index (χ2v) is 9.76. The van der Waals surface area contributed by atoms with Crippen molar-refractivity contribution in [2.45, 2.75) is 95.3 Å². The van der Waals surface area contributed by atoms with Crippen molar-refractivity contribution >= 4 is 17.7 Å². The van der Waals surface area contributed by atoms with Gasteiger partial charge in [-0.3, -0.25) is 4.79 Å². The number of amides is 1. The lowest BCUT2D eigenvalue weighted by Crippen LogP contribution is -2.65. The summed E-state index contributed by atoms with van der Waals surface area (Å²) < 4.78 is 5.90. The van der Waals surface area contributed by atoms with Gasteiger partial charge in [-0.1, -0.05) is 40.5 Å². The molecule has 0 spiro atoms. The maximum absolute atomic E-state index is 13.1. The van der Waals surface area contributed by atoms with Crippen LogP contribution in [0.15, 0.2) is 0 Å². The third kappa shape index (κ3) is 5.86. The molecule has 170 valence electrons. The molecule has 2 saturated heterocycles. The van der Waals surface area contributed by atoms with Gasteiger partial charge in [-0.05, 0) is 43.4 Å². The lowest BCUT2D eigenvalue weighted by molar-refractivity contribution is -0.208. The summed E-state index contributed by atoms with van der Waals surface area (Å²) in [5, 5.41) is 37.3. The Balaban J connectivity index is 2.08. The van der Waals surface area contributed by atoms with E-state index in [-0.39, 0.29) is 17.9 Å². The highest BCUT2D eigenvalue weighted by Crippen LogP contribution is 2.32. The monoisotopic (exact) mass is 432 g/mol. The first-order valence-corrected chi connectivity index (χ1v) is 12.3. The van der Waals surface area contributed by atoms with E-state index < -0.39 is 35.9 Å². The van der Waals surface area contributed by atoms with Crippen LogP contribution in [0.1, 0.15) is 53.4 Å². The third-order valence-corrected chi connectivity index (χ3v) is 7.55. The van der Waals surface area contributed by atoms with Gasteiger partial charge in [0.1, 0.15) is 29.9 Å². The summed E-state index contributed by atoms with van der Waals surface area (Å²) in [6, 6.07) is -0.729. The van der Waals surface area contributed by atoms with Gasteiger partial charge in [-0.15, -0.1) is 11.8 Å². The minimum absolute atomic E-state index is 0.0121. The van der Waals surface area contributed by atoms with Crippen LogP contribution in [0, 0.1) is 17.8 Å². The lowest BCUT2D eigenvalue weighted by Gasteiger charge is -2.44. The van der Waals surface area contributed by atoms with Crippen LogP contribution in [0.3, 0.4) is 0 Å². The molecule has 0 aromatic carbocycles. The SMILES string of the molecule is CCC(CC)[C@@H]1CCN[C@H](C(=O)N[C@H](C(C)C)[C@H]2O[C@H](SC)[C@H](O)[C@@H](O)[C@H]2O)C1. The van der Waals surface area contributed by atoms with E-state index >= 15 is 0 Å². The number of aliphatic hydroxyl groups excluding tert-OH is 3. The van der Waals surface area contributed by atoms with Gasteiger partial charge in [0.25, 0.3) is 0 Å². The summed E-state index contributed by atoms with van der Waals surface area (Å²) in [7, 11) is 0. The average Bonchev–Trinajstić information content (AvgIpc) is 2.72. The van der Waals surface area contributed by atoms with E-state index in [0.29, 0.717) is 11.8 Å². The summed E-state index contributed by atoms with van der Waals surface area (Å²) in [5.41, 5.74) is -0.649. The van der Waals surface area contributed by atoms with Gasteiger partial charge in [0, 0.05) is 0 Å². The van der Waals surface area contributed by atoms with E-state index in [4.69, 9.17) is 4.74 Å². The largest absolute Gasteiger partial charge is 0.388 e. The molecule has 2 fully saturated rings. The Morgan fingerprint density at radius 2 is 1.83 bits per heavy atom. The van der Waals surface area contributed by atoms with Crippen molar-refractivity contribution in [2.24, 2.45) is 17.8 Å². The predicted molar refractivity (Wildman–Crippen MR) is 116 cm³/mol. The molecular weight excluding hydrogens is 392 g/mol. The molecule has 8 atom stereocenters. The van der Waals surface area contributed by atoms with Crippen LogP contribution in [0.2, 0.25) is 0 Å². The van der Waals surface area contributed by atoms with Crippen molar-refractivity contribution in [1.82, 2.24) is 10.6 Å². The van der Waals surface area contributed by atoms with Gasteiger partial charge < -0.3 is 30.7 Å². The number of nitrogens with one attached hydrogen (secondary N) is 2. The highest BCUT2D eigenvalue weighted by Gasteiger charge is 2.47. The van der Waals surface area contributed by atoms with E-state index in [2.05, 4.69) is 24.5 Å². The van der Waals surface area contributed by atoms with Crippen molar-refractivity contribution < 1.29 is 24.9 Å². The molecule has 0 aromatic heterocycles. The van der Waals surface area contributed by atoms with Crippen molar-refractivity contribution in [3.8, 4) is 0 Å². The standard InChI is InChI=1S/C21H40N2O5S/c1-6-12(7-2)13-8-9-22-14(10-13)20(27)23-15(11(3)4)19-17(25)16(24)18(26)21(28-19)29-5/h11-19,21-22,24-26H,6-10H2,1-5H3,(H,23,27)/t13-,14+,15-,16+,17-,18-,19-,21-/m1/s1. The second-order valence-electron chi connectivity index (χ2n) is 8.82. The fourth-order valence-electron chi connectivity index (χ4n) is 4.79. The maximum atomic E-state index is 13.1. The first-order chi connectivity index (χ1) is 13.7. The average molecular weight is 433 g/mol. The number of ether oxygens (including phenoxy) is 1. The molecule has 2 rings (SSSR count). The third-order valence-electron chi connectivity index (χ3n) is 6.70. The smallest absolute Gasteiger partial charge is 0.237 e. The first-order valence-electron chi connectivity index (χ1n) is 11.0. The molecule has 0 bridgehead atoms. The summed E-state index contributed by atoms with van der Waals surface area (Å²) in [4.78, 5) is 13.1. The van der Waals surface area contributed by atoms with Crippen LogP contribution in [-0.4, -0.2) is 76.0 Å². The molecule has 1 amide bonds. The zero-order valence-electron chi connectivity index (χ0n) is 18.4. The topological polar surface area (TPSA) is 111 Å². The molecule has 8 heteroatoms. The van der Waals surface area contributed by atoms with Gasteiger partial charge >= 0.3 is 0 Å². The Hall–Kier alpha value is -0.380. The predicted octanol–water partition coefficient (Wildman–Crippen LogP) is 1.10. The number of carbonyl (C=O) groups excluding carboxylic acids is 1. The summed E-state index contributed by atoms with van der Waals surface area (Å²) in [5.74, 6) is 1.07. The zero-order chi connectivity index (χ0) is 21.7. The van der Waals surface area contributed by atoms with Gasteiger partial charge in [-0.25, -0.2) is 0 Å². The molecular formula is C21H40N2O5S. The number of aliphatic hydroxyl groups is 3. The Bertz CT molecular complexity index is 517. The van der Waals surface area contributed by atoms with Crippen LogP contribution < -0.4 is 10.6 Å². The Kier molecular flexibility index (Phi) is 9.70. The molecule has 0 aliphatic carbocycles. The Morgan fingerprint density at radius 3 is 2.38 bits per heavy atom. The number of carbonyl (C=O) groups is 1. The van der Waals surface area contributed by atoms with E-state index in [1.54, 1.807) is 6.26 Å². The lowest BCUT2D eigenvalue weighted by atomic mass is 9.79. The highest BCUT2D eigenvalue weighted by atomic mass is 32.2. The minimum Gasteiger partial charge on any atom is -0.388 e. The fourth-order valence-corrected chi connectivity index (χ4v) is 5.47. The van der Waals surface area contributed by atoms with Crippen molar-refractivity contribution in [3.05, 3.63) is 0 Å². The number of thioether (sulfide) groups is 1. The van der Waals surface area contributed by atoms with Gasteiger partial charge in [0.15, 0.2) is 0 Å². The van der Waals surface area contributed by atoms with Crippen molar-refractivity contribution in [2.75, 3.05) is 12.8 Å². The molecule has 2 aliphatic rings. The Labute approximate surface area is 179 Å². The normalized spacial score (nSPS) is 37.0. The van der Waals surface area contributed by atoms with Gasteiger partial charge in [-0.2, -0.15) is 0 Å². The van der Waals surface area contributed by atoms with E-state index in [1.807, 2.05) is 13.8 Å². The van der Waals surface area contributed by atoms with Crippen LogP contribution in [0.25, 0.3) is 0 Å². The maximum Gasteiger partial charge on any atom is 0.237 e. The molecule has 2 heterocycles. The quantitative estimate of drug-likeness (QED) is 0.391. The van der Waals surface area contributed by atoms with E-state index in [0.717, 1.165) is 32.2 Å². The molecule has 0 aromatic rings. The van der Waals surface area contributed by atoms with Crippen molar-refractivity contribution in [3.63, 3.8) is 0 Å². The van der Waals surface area contributed by atoms with Crippen LogP contribution in [-0.2, 0) is 9.53 Å². The summed E-state index contributed by atoms with van der Waals surface area (Å²) in [6.07, 6.45) is 1.41. The molecule has 5 N–H and O–H groups in total. The second kappa shape index (κ2) is 11.3. The number of hydrogen-bond acceptors (Lipinski definition) is 7. The number of hydrogen-bond donors (Lipinski definition) is 5. The molecule has 0 radical (unpaired) electrons. The molecule has 2 aliphatic heterocycles. The molecule has 0 unspecified atom stereocenters. The molecule has 0 saturated carbocycles. The van der Waals surface area contributed by atoms with Crippen LogP contribution in [0.4, 0.5) is 0 Å². The summed E-state index contributed by atoms with van der Waals surface area (Å²) in [6.45, 7) is 9.16. The number of rotatable bonds is 8. The Morgan fingerprint density at radius 1 is 1.17 bits per heavy atom. The van der Waals surface area contributed by atoms with Crippen molar-refractivity contribution in [1.29, 1.82) is 0 Å². The molecule has 29 heavy (non-hydrogen) atoms. The summed E-state index contributed by atoms with van der Waals surface area (Å²) >= 11 is 1.28. The van der Waals surface area contributed by atoms with Gasteiger partial charge in [0.2, 0.25) is 5.91 Å². The minimum atomic E-state index is -1.31. The van der Waals surface area contributed by atoms with Crippen LogP contribution in [0.5, 0.6) is 0 Å². The fraction of sp³-hybridized carbons (Fsp3) is 0.952. The van der Waals surface area contributed by atoms with Gasteiger partial charge in [0.05, 0.1) is 12.1 Å². The number of piperidine rings is 1. The zero-order valence-corrected chi connectivity index (χ0v) is 19.2. The van der Waals surface area contributed by atoms with E-state index in [9.17, 15) is 20.1 Å². The van der Waals surface area contributed by atoms with Crippen LogP contribution >= 0.6 is 11.8 Å². The molecule has 7 nitrogen and oxygen atoms in total. The highest BCUT2D eigenvalue weighted by molar-refractivity contribution is 7.99.